The van der Waals surface area contributed by atoms with E-state index < -0.39 is 4.92 Å². The molecule has 3 aromatic carbocycles. The van der Waals surface area contributed by atoms with Gasteiger partial charge < -0.3 is 4.42 Å². The number of anilines is 1. The molecule has 1 amide bonds. The number of nitro benzene ring substituents is 1. The van der Waals surface area contributed by atoms with Crippen LogP contribution >= 0.6 is 0 Å². The monoisotopic (exact) mass is 435 g/mol. The molecular formula is C26H17N3O4. The number of nitrogens with zero attached hydrogens (tertiary/aromatic N) is 3. The molecule has 1 aliphatic rings. The van der Waals surface area contributed by atoms with Crippen LogP contribution in [-0.2, 0) is 4.79 Å². The summed E-state index contributed by atoms with van der Waals surface area (Å²) in [6.45, 7) is 0. The van der Waals surface area contributed by atoms with E-state index in [0.717, 1.165) is 5.56 Å². The summed E-state index contributed by atoms with van der Waals surface area (Å²) in [5.74, 6) is 0.763. The van der Waals surface area contributed by atoms with Gasteiger partial charge in [-0.15, -0.1) is 0 Å². The Labute approximate surface area is 189 Å². The van der Waals surface area contributed by atoms with Crippen LogP contribution < -0.4 is 5.01 Å². The molecule has 160 valence electrons. The first kappa shape index (κ1) is 20.1. The minimum Gasteiger partial charge on any atom is -0.457 e. The Kier molecular flexibility index (Phi) is 5.12. The summed E-state index contributed by atoms with van der Waals surface area (Å²) in [5, 5.41) is 16.9. The van der Waals surface area contributed by atoms with Crippen LogP contribution in [0.3, 0.4) is 0 Å². The number of hydrazone groups is 1. The Morgan fingerprint density at radius 1 is 0.818 bits per heavy atom. The van der Waals surface area contributed by atoms with Crippen LogP contribution in [0.4, 0.5) is 11.4 Å². The van der Waals surface area contributed by atoms with E-state index >= 15 is 0 Å². The smallest absolute Gasteiger partial charge is 0.281 e. The van der Waals surface area contributed by atoms with Crippen LogP contribution in [0.15, 0.2) is 112 Å². The SMILES string of the molecule is O=C1/C(=C\c2ccc(-c3ccc([N+](=O)[O-])cc3)o2)C(c2ccccc2)=NN1c1ccccc1. The second-order valence-electron chi connectivity index (χ2n) is 7.33. The van der Waals surface area contributed by atoms with Crippen molar-refractivity contribution in [3.8, 4) is 11.3 Å². The maximum Gasteiger partial charge on any atom is 0.281 e. The molecule has 7 heteroatoms. The second kappa shape index (κ2) is 8.39. The molecule has 2 heterocycles. The van der Waals surface area contributed by atoms with Crippen molar-refractivity contribution in [3.05, 3.63) is 124 Å². The maximum absolute atomic E-state index is 13.3. The molecule has 7 nitrogen and oxygen atoms in total. The summed E-state index contributed by atoms with van der Waals surface area (Å²) >= 11 is 0. The molecule has 0 unspecified atom stereocenters. The maximum atomic E-state index is 13.3. The number of amides is 1. The molecule has 0 saturated heterocycles. The molecule has 4 aromatic rings. The number of non-ortho nitro benzene ring substituents is 1. The zero-order chi connectivity index (χ0) is 22.8. The summed E-state index contributed by atoms with van der Waals surface area (Å²) in [6.07, 6.45) is 1.67. The number of benzene rings is 3. The normalized spacial score (nSPS) is 14.5. The Hall–Kier alpha value is -4.78. The lowest BCUT2D eigenvalue weighted by Gasteiger charge is -2.10. The highest BCUT2D eigenvalue weighted by atomic mass is 16.6. The molecule has 0 bridgehead atoms. The highest BCUT2D eigenvalue weighted by molar-refractivity contribution is 6.37. The summed E-state index contributed by atoms with van der Waals surface area (Å²) in [6, 6.07) is 28.4. The number of hydrogen-bond acceptors (Lipinski definition) is 5. The Morgan fingerprint density at radius 3 is 2.15 bits per heavy atom. The fourth-order valence-corrected chi connectivity index (χ4v) is 3.57. The van der Waals surface area contributed by atoms with Crippen molar-refractivity contribution < 1.29 is 14.1 Å². The van der Waals surface area contributed by atoms with E-state index in [2.05, 4.69) is 5.10 Å². The average Bonchev–Trinajstić information content (AvgIpc) is 3.45. The standard InChI is InChI=1S/C26H17N3O4/c30-26-23(17-22-15-16-24(33-22)18-11-13-21(14-12-18)29(31)32)25(19-7-3-1-4-8-19)27-28(26)20-9-5-2-6-10-20/h1-17H/b23-17-. The van der Waals surface area contributed by atoms with E-state index in [0.29, 0.717) is 34.1 Å². The predicted molar refractivity (Wildman–Crippen MR) is 126 cm³/mol. The van der Waals surface area contributed by atoms with E-state index in [9.17, 15) is 14.9 Å². The third kappa shape index (κ3) is 3.95. The number of rotatable bonds is 5. The number of hydrogen-bond donors (Lipinski definition) is 0. The number of carbonyl (C=O) groups is 1. The third-order valence-electron chi connectivity index (χ3n) is 5.20. The molecule has 0 fully saturated rings. The van der Waals surface area contributed by atoms with Gasteiger partial charge in [0, 0.05) is 23.3 Å². The van der Waals surface area contributed by atoms with Crippen molar-refractivity contribution in [3.63, 3.8) is 0 Å². The molecule has 5 rings (SSSR count). The van der Waals surface area contributed by atoms with Crippen molar-refractivity contribution >= 4 is 29.1 Å². The number of nitro groups is 1. The van der Waals surface area contributed by atoms with Crippen LogP contribution in [0.1, 0.15) is 11.3 Å². The summed E-state index contributed by atoms with van der Waals surface area (Å²) < 4.78 is 5.93. The van der Waals surface area contributed by atoms with Crippen molar-refractivity contribution in [2.75, 3.05) is 5.01 Å². The zero-order valence-corrected chi connectivity index (χ0v) is 17.3. The molecule has 0 radical (unpaired) electrons. The van der Waals surface area contributed by atoms with Crippen LogP contribution in [0, 0.1) is 10.1 Å². The largest absolute Gasteiger partial charge is 0.457 e. The third-order valence-corrected chi connectivity index (χ3v) is 5.20. The number of carbonyl (C=O) groups excluding carboxylic acids is 1. The molecule has 0 N–H and O–H groups in total. The van der Waals surface area contributed by atoms with Gasteiger partial charge in [-0.25, -0.2) is 0 Å². The van der Waals surface area contributed by atoms with E-state index in [1.54, 1.807) is 30.3 Å². The second-order valence-corrected chi connectivity index (χ2v) is 7.33. The van der Waals surface area contributed by atoms with Gasteiger partial charge in [-0.05, 0) is 42.5 Å². The van der Waals surface area contributed by atoms with Crippen LogP contribution in [0.5, 0.6) is 0 Å². The topological polar surface area (TPSA) is 88.9 Å². The lowest BCUT2D eigenvalue weighted by molar-refractivity contribution is -0.384. The first-order chi connectivity index (χ1) is 16.1. The predicted octanol–water partition coefficient (Wildman–Crippen LogP) is 5.69. The lowest BCUT2D eigenvalue weighted by atomic mass is 10.0. The number of para-hydroxylation sites is 1. The van der Waals surface area contributed by atoms with Gasteiger partial charge in [0.05, 0.1) is 16.2 Å². The van der Waals surface area contributed by atoms with Crippen molar-refractivity contribution in [1.29, 1.82) is 0 Å². The fourth-order valence-electron chi connectivity index (χ4n) is 3.57. The summed E-state index contributed by atoms with van der Waals surface area (Å²) in [4.78, 5) is 23.7. The molecule has 0 spiro atoms. The number of furan rings is 1. The molecule has 1 aromatic heterocycles. The van der Waals surface area contributed by atoms with Gasteiger partial charge in [0.1, 0.15) is 17.2 Å². The Morgan fingerprint density at radius 2 is 1.48 bits per heavy atom. The molecule has 0 aliphatic carbocycles. The minimum atomic E-state index is -0.448. The quantitative estimate of drug-likeness (QED) is 0.229. The van der Waals surface area contributed by atoms with Gasteiger partial charge in [0.2, 0.25) is 0 Å². The van der Waals surface area contributed by atoms with Crippen molar-refractivity contribution in [2.45, 2.75) is 0 Å². The highest BCUT2D eigenvalue weighted by Crippen LogP contribution is 2.30. The Bertz CT molecular complexity index is 1390. The van der Waals surface area contributed by atoms with E-state index in [-0.39, 0.29) is 11.6 Å². The minimum absolute atomic E-state index is 0.00826. The van der Waals surface area contributed by atoms with E-state index in [4.69, 9.17) is 4.42 Å². The first-order valence-electron chi connectivity index (χ1n) is 10.2. The van der Waals surface area contributed by atoms with E-state index in [1.165, 1.54) is 17.1 Å². The zero-order valence-electron chi connectivity index (χ0n) is 17.3. The lowest BCUT2D eigenvalue weighted by Crippen LogP contribution is -2.21. The molecule has 0 saturated carbocycles. The van der Waals surface area contributed by atoms with Gasteiger partial charge in [0.25, 0.3) is 11.6 Å². The Balaban J connectivity index is 1.52. The van der Waals surface area contributed by atoms with Crippen molar-refractivity contribution in [1.82, 2.24) is 0 Å². The average molecular weight is 435 g/mol. The summed E-state index contributed by atoms with van der Waals surface area (Å²) in [7, 11) is 0. The van der Waals surface area contributed by atoms with Crippen molar-refractivity contribution in [2.24, 2.45) is 5.10 Å². The molecular weight excluding hydrogens is 418 g/mol. The highest BCUT2D eigenvalue weighted by Gasteiger charge is 2.32. The van der Waals surface area contributed by atoms with Gasteiger partial charge >= 0.3 is 0 Å². The van der Waals surface area contributed by atoms with Gasteiger partial charge in [0.15, 0.2) is 0 Å². The first-order valence-corrected chi connectivity index (χ1v) is 10.2. The van der Waals surface area contributed by atoms with Gasteiger partial charge in [-0.2, -0.15) is 10.1 Å². The van der Waals surface area contributed by atoms with Gasteiger partial charge in [-0.3, -0.25) is 14.9 Å². The van der Waals surface area contributed by atoms with Gasteiger partial charge in [-0.1, -0.05) is 48.5 Å². The van der Waals surface area contributed by atoms with Crippen LogP contribution in [0.25, 0.3) is 17.4 Å². The molecule has 33 heavy (non-hydrogen) atoms. The molecule has 0 atom stereocenters. The summed E-state index contributed by atoms with van der Waals surface area (Å²) in [5.41, 5.74) is 3.16. The fraction of sp³-hybridized carbons (Fsp3) is 0. The molecule has 1 aliphatic heterocycles. The van der Waals surface area contributed by atoms with Crippen LogP contribution in [0.2, 0.25) is 0 Å². The van der Waals surface area contributed by atoms with Crippen LogP contribution in [-0.4, -0.2) is 16.5 Å². The van der Waals surface area contributed by atoms with E-state index in [1.807, 2.05) is 60.7 Å².